The molecule has 3 nitrogen and oxygen atoms in total. The van der Waals surface area contributed by atoms with E-state index in [1.54, 1.807) is 6.07 Å². The van der Waals surface area contributed by atoms with Crippen molar-refractivity contribution in [1.29, 1.82) is 0 Å². The average Bonchev–Trinajstić information content (AvgIpc) is 2.47. The van der Waals surface area contributed by atoms with Crippen LogP contribution < -0.4 is 9.47 Å². The van der Waals surface area contributed by atoms with Crippen LogP contribution in [0.3, 0.4) is 0 Å². The lowest BCUT2D eigenvalue weighted by molar-refractivity contribution is 0.245. The van der Waals surface area contributed by atoms with Gasteiger partial charge in [-0.25, -0.2) is 4.39 Å². The highest BCUT2D eigenvalue weighted by atomic mass is 19.1. The van der Waals surface area contributed by atoms with Gasteiger partial charge in [0, 0.05) is 12.5 Å². The van der Waals surface area contributed by atoms with E-state index in [0.29, 0.717) is 30.9 Å². The van der Waals surface area contributed by atoms with Crippen molar-refractivity contribution in [3.05, 3.63) is 59.9 Å². The molecule has 0 aromatic heterocycles. The van der Waals surface area contributed by atoms with Gasteiger partial charge >= 0.3 is 0 Å². The van der Waals surface area contributed by atoms with Gasteiger partial charge in [0.2, 0.25) is 0 Å². The van der Waals surface area contributed by atoms with Gasteiger partial charge < -0.3 is 14.6 Å². The van der Waals surface area contributed by atoms with Crippen LogP contribution in [0.25, 0.3) is 0 Å². The second-order valence-electron chi connectivity index (χ2n) is 4.32. The Hall–Kier alpha value is -2.07. The van der Waals surface area contributed by atoms with Crippen molar-refractivity contribution in [2.45, 2.75) is 13.0 Å². The minimum Gasteiger partial charge on any atom is -0.493 e. The molecule has 2 aromatic carbocycles. The van der Waals surface area contributed by atoms with Gasteiger partial charge in [-0.05, 0) is 29.8 Å². The number of aliphatic hydroxyl groups excluding tert-OH is 1. The summed E-state index contributed by atoms with van der Waals surface area (Å²) in [5, 5.41) is 8.98. The van der Waals surface area contributed by atoms with E-state index < -0.39 is 5.82 Å². The number of hydrogen-bond donors (Lipinski definition) is 1. The van der Waals surface area contributed by atoms with Gasteiger partial charge in [0.25, 0.3) is 0 Å². The third kappa shape index (κ3) is 4.55. The zero-order valence-electron chi connectivity index (χ0n) is 11.1. The summed E-state index contributed by atoms with van der Waals surface area (Å²) in [6, 6.07) is 13.7. The van der Waals surface area contributed by atoms with Gasteiger partial charge in [-0.15, -0.1) is 0 Å². The second-order valence-corrected chi connectivity index (χ2v) is 4.32. The Balaban J connectivity index is 1.72. The van der Waals surface area contributed by atoms with E-state index in [2.05, 4.69) is 0 Å². The molecule has 0 saturated heterocycles. The number of para-hydroxylation sites is 1. The third-order valence-electron chi connectivity index (χ3n) is 2.68. The van der Waals surface area contributed by atoms with Crippen LogP contribution in [0.5, 0.6) is 11.5 Å². The summed E-state index contributed by atoms with van der Waals surface area (Å²) in [5.41, 5.74) is 0.500. The van der Waals surface area contributed by atoms with Crippen molar-refractivity contribution in [3.8, 4) is 11.5 Å². The fourth-order valence-electron chi connectivity index (χ4n) is 1.75. The summed E-state index contributed by atoms with van der Waals surface area (Å²) in [6.07, 6.45) is 0.694. The van der Waals surface area contributed by atoms with E-state index in [1.807, 2.05) is 30.3 Å². The predicted molar refractivity (Wildman–Crippen MR) is 74.4 cm³/mol. The fraction of sp³-hybridized carbons (Fsp3) is 0.250. The molecule has 0 spiro atoms. The quantitative estimate of drug-likeness (QED) is 0.789. The molecule has 0 fully saturated rings. The molecule has 0 atom stereocenters. The van der Waals surface area contributed by atoms with Crippen LogP contribution in [0.1, 0.15) is 12.0 Å². The van der Waals surface area contributed by atoms with Crippen molar-refractivity contribution in [2.24, 2.45) is 0 Å². The van der Waals surface area contributed by atoms with Crippen molar-refractivity contribution < 1.29 is 19.0 Å². The Morgan fingerprint density at radius 3 is 2.30 bits per heavy atom. The number of aliphatic hydroxyl groups is 1. The summed E-state index contributed by atoms with van der Waals surface area (Å²) in [7, 11) is 0. The monoisotopic (exact) mass is 276 g/mol. The van der Waals surface area contributed by atoms with Crippen molar-refractivity contribution in [3.63, 3.8) is 0 Å². The van der Waals surface area contributed by atoms with E-state index in [4.69, 9.17) is 14.6 Å². The van der Waals surface area contributed by atoms with Gasteiger partial charge in [-0.3, -0.25) is 0 Å². The molecule has 0 aliphatic carbocycles. The maximum atomic E-state index is 13.2. The highest BCUT2D eigenvalue weighted by Gasteiger charge is 2.01. The highest BCUT2D eigenvalue weighted by molar-refractivity contribution is 5.29. The van der Waals surface area contributed by atoms with Crippen LogP contribution in [-0.4, -0.2) is 18.3 Å². The highest BCUT2D eigenvalue weighted by Crippen LogP contribution is 2.16. The average molecular weight is 276 g/mol. The molecule has 0 heterocycles. The maximum Gasteiger partial charge on any atom is 0.127 e. The van der Waals surface area contributed by atoms with Crippen LogP contribution in [0.2, 0.25) is 0 Å². The van der Waals surface area contributed by atoms with Crippen molar-refractivity contribution >= 4 is 0 Å². The van der Waals surface area contributed by atoms with E-state index in [0.717, 1.165) is 5.75 Å². The number of ether oxygens (including phenoxy) is 2. The number of hydrogen-bond acceptors (Lipinski definition) is 3. The molecule has 1 N–H and O–H groups in total. The molecule has 106 valence electrons. The van der Waals surface area contributed by atoms with Crippen LogP contribution in [-0.2, 0) is 6.61 Å². The zero-order valence-corrected chi connectivity index (χ0v) is 11.1. The molecule has 2 aromatic rings. The van der Waals surface area contributed by atoms with Gasteiger partial charge in [-0.1, -0.05) is 18.2 Å². The topological polar surface area (TPSA) is 38.7 Å². The van der Waals surface area contributed by atoms with Crippen LogP contribution >= 0.6 is 0 Å². The molecule has 0 amide bonds. The molecular formula is C16H17FO3. The smallest absolute Gasteiger partial charge is 0.127 e. The molecule has 2 rings (SSSR count). The van der Waals surface area contributed by atoms with Crippen molar-refractivity contribution in [2.75, 3.05) is 13.2 Å². The second kappa shape index (κ2) is 7.50. The van der Waals surface area contributed by atoms with Gasteiger partial charge in [0.1, 0.15) is 17.3 Å². The lowest BCUT2D eigenvalue weighted by atomic mass is 10.2. The van der Waals surface area contributed by atoms with Gasteiger partial charge in [0.05, 0.1) is 19.8 Å². The fourth-order valence-corrected chi connectivity index (χ4v) is 1.75. The van der Waals surface area contributed by atoms with Crippen molar-refractivity contribution in [1.82, 2.24) is 0 Å². The Kier molecular flexibility index (Phi) is 5.38. The van der Waals surface area contributed by atoms with E-state index in [-0.39, 0.29) is 6.61 Å². The van der Waals surface area contributed by atoms with Gasteiger partial charge in [0.15, 0.2) is 0 Å². The molecule has 0 aliphatic rings. The predicted octanol–water partition coefficient (Wildman–Crippen LogP) is 3.17. The van der Waals surface area contributed by atoms with Crippen LogP contribution in [0, 0.1) is 5.82 Å². The molecule has 4 heteroatoms. The zero-order chi connectivity index (χ0) is 14.2. The molecule has 0 aliphatic heterocycles. The Bertz CT molecular complexity index is 529. The minimum atomic E-state index is -0.410. The molecule has 0 radical (unpaired) electrons. The summed E-state index contributed by atoms with van der Waals surface area (Å²) >= 11 is 0. The molecule has 0 bridgehead atoms. The van der Waals surface area contributed by atoms with Gasteiger partial charge in [-0.2, -0.15) is 0 Å². The van der Waals surface area contributed by atoms with E-state index in [1.165, 1.54) is 12.1 Å². The number of rotatable bonds is 7. The van der Waals surface area contributed by atoms with Crippen LogP contribution in [0.15, 0.2) is 48.5 Å². The maximum absolute atomic E-state index is 13.2. The lowest BCUT2D eigenvalue weighted by Gasteiger charge is -2.09. The minimum absolute atomic E-state index is 0.203. The summed E-state index contributed by atoms with van der Waals surface area (Å²) in [6.45, 7) is 0.762. The largest absolute Gasteiger partial charge is 0.493 e. The summed E-state index contributed by atoms with van der Waals surface area (Å²) in [4.78, 5) is 0. The first-order valence-corrected chi connectivity index (χ1v) is 6.49. The number of benzene rings is 2. The summed E-state index contributed by atoms with van der Waals surface area (Å²) in [5.74, 6) is 0.835. The van der Waals surface area contributed by atoms with E-state index >= 15 is 0 Å². The first-order valence-electron chi connectivity index (χ1n) is 6.49. The Morgan fingerprint density at radius 2 is 1.60 bits per heavy atom. The first kappa shape index (κ1) is 14.3. The Morgan fingerprint density at radius 1 is 0.900 bits per heavy atom. The third-order valence-corrected chi connectivity index (χ3v) is 2.68. The molecule has 0 unspecified atom stereocenters. The number of halogens is 1. The van der Waals surface area contributed by atoms with Crippen LogP contribution in [0.4, 0.5) is 4.39 Å². The molecule has 0 saturated carbocycles. The lowest BCUT2D eigenvalue weighted by Crippen LogP contribution is -2.05. The van der Waals surface area contributed by atoms with E-state index in [9.17, 15) is 4.39 Å². The molecular weight excluding hydrogens is 259 g/mol. The standard InChI is InChI=1S/C16H17FO3/c17-14-9-13(12-18)10-16(11-14)20-8-4-7-19-15-5-2-1-3-6-15/h1-3,5-6,9-11,18H,4,7-8,12H2. The normalized spacial score (nSPS) is 10.3. The Labute approximate surface area is 117 Å². The SMILES string of the molecule is OCc1cc(F)cc(OCCCOc2ccccc2)c1. The summed E-state index contributed by atoms with van der Waals surface area (Å²) < 4.78 is 24.2. The first-order chi connectivity index (χ1) is 9.78. The molecule has 20 heavy (non-hydrogen) atoms.